The summed E-state index contributed by atoms with van der Waals surface area (Å²) in [5, 5.41) is 3.46. The summed E-state index contributed by atoms with van der Waals surface area (Å²) in [4.78, 5) is 14.8. The van der Waals surface area contributed by atoms with Gasteiger partial charge in [0.2, 0.25) is 0 Å². The number of amides is 1. The molecule has 0 aromatic heterocycles. The second-order valence-electron chi connectivity index (χ2n) is 6.41. The molecule has 1 unspecified atom stereocenters. The fraction of sp³-hybridized carbons (Fsp3) is 0.588. The first kappa shape index (κ1) is 14.5. The Hall–Kier alpha value is -1.42. The Morgan fingerprint density at radius 2 is 2.14 bits per heavy atom. The molecule has 0 spiro atoms. The number of hydrogen-bond donors (Lipinski definition) is 1. The number of carbonyl (C=O) groups is 1. The molecule has 0 bridgehead atoms. The van der Waals surface area contributed by atoms with Crippen molar-refractivity contribution in [1.82, 2.24) is 10.2 Å². The van der Waals surface area contributed by atoms with Crippen LogP contribution in [0.2, 0.25) is 0 Å². The van der Waals surface area contributed by atoms with Crippen molar-refractivity contribution >= 4 is 5.91 Å². The van der Waals surface area contributed by atoms with Crippen molar-refractivity contribution in [3.05, 3.63) is 35.1 Å². The van der Waals surface area contributed by atoms with Gasteiger partial charge in [-0.1, -0.05) is 0 Å². The zero-order chi connectivity index (χ0) is 14.8. The molecule has 1 atom stereocenters. The van der Waals surface area contributed by atoms with E-state index in [4.69, 9.17) is 0 Å². The van der Waals surface area contributed by atoms with Gasteiger partial charge in [-0.25, -0.2) is 4.39 Å². The normalized spacial score (nSPS) is 21.5. The molecule has 1 aromatic rings. The molecule has 2 aliphatic rings. The molecule has 3 nitrogen and oxygen atoms in total. The molecular formula is C17H23FN2O. The zero-order valence-corrected chi connectivity index (χ0v) is 12.6. The van der Waals surface area contributed by atoms with Crippen LogP contribution in [0.15, 0.2) is 18.2 Å². The summed E-state index contributed by atoms with van der Waals surface area (Å²) < 4.78 is 13.2. The first-order valence-corrected chi connectivity index (χ1v) is 7.92. The fourth-order valence-corrected chi connectivity index (χ4v) is 3.07. The van der Waals surface area contributed by atoms with Crippen LogP contribution in [-0.4, -0.2) is 36.5 Å². The first-order chi connectivity index (χ1) is 10.1. The van der Waals surface area contributed by atoms with E-state index in [0.29, 0.717) is 17.5 Å². The van der Waals surface area contributed by atoms with E-state index < -0.39 is 0 Å². The Morgan fingerprint density at radius 1 is 1.33 bits per heavy atom. The average molecular weight is 290 g/mol. The number of nitrogens with one attached hydrogen (secondary N) is 1. The highest BCUT2D eigenvalue weighted by molar-refractivity contribution is 5.95. The maximum Gasteiger partial charge on any atom is 0.254 e. The van der Waals surface area contributed by atoms with Gasteiger partial charge in [0.05, 0.1) is 0 Å². The molecule has 1 amide bonds. The van der Waals surface area contributed by atoms with Crippen molar-refractivity contribution in [2.24, 2.45) is 5.92 Å². The van der Waals surface area contributed by atoms with Gasteiger partial charge >= 0.3 is 0 Å². The van der Waals surface area contributed by atoms with E-state index in [0.717, 1.165) is 31.6 Å². The molecule has 1 aliphatic heterocycles. The molecule has 1 heterocycles. The predicted molar refractivity (Wildman–Crippen MR) is 80.8 cm³/mol. The minimum absolute atomic E-state index is 0.0492. The summed E-state index contributed by atoms with van der Waals surface area (Å²) in [6.07, 6.45) is 4.77. The Bertz CT molecular complexity index is 522. The van der Waals surface area contributed by atoms with Gasteiger partial charge in [0.15, 0.2) is 0 Å². The second kappa shape index (κ2) is 6.14. The van der Waals surface area contributed by atoms with Crippen LogP contribution in [0.3, 0.4) is 0 Å². The minimum atomic E-state index is -0.282. The number of aryl methyl sites for hydroxylation is 1. The van der Waals surface area contributed by atoms with Gasteiger partial charge in [0.1, 0.15) is 5.82 Å². The highest BCUT2D eigenvalue weighted by atomic mass is 19.1. The summed E-state index contributed by atoms with van der Waals surface area (Å²) in [6, 6.07) is 4.85. The SMILES string of the molecule is Cc1cc(F)ccc1C(=O)N(CC1CC1)CC1CCCN1. The van der Waals surface area contributed by atoms with E-state index in [-0.39, 0.29) is 11.7 Å². The topological polar surface area (TPSA) is 32.3 Å². The van der Waals surface area contributed by atoms with Crippen molar-refractivity contribution in [3.63, 3.8) is 0 Å². The molecule has 1 aromatic carbocycles. The summed E-state index contributed by atoms with van der Waals surface area (Å²) in [5.74, 6) is 0.430. The Morgan fingerprint density at radius 3 is 2.76 bits per heavy atom. The van der Waals surface area contributed by atoms with Crippen LogP contribution in [0.25, 0.3) is 0 Å². The summed E-state index contributed by atoms with van der Waals surface area (Å²) in [7, 11) is 0. The van der Waals surface area contributed by atoms with E-state index in [1.54, 1.807) is 13.0 Å². The van der Waals surface area contributed by atoms with Gasteiger partial charge in [-0.15, -0.1) is 0 Å². The first-order valence-electron chi connectivity index (χ1n) is 7.92. The lowest BCUT2D eigenvalue weighted by Gasteiger charge is -2.26. The van der Waals surface area contributed by atoms with E-state index in [2.05, 4.69) is 5.32 Å². The van der Waals surface area contributed by atoms with Crippen molar-refractivity contribution in [3.8, 4) is 0 Å². The van der Waals surface area contributed by atoms with E-state index in [1.807, 2.05) is 4.90 Å². The van der Waals surface area contributed by atoms with Crippen molar-refractivity contribution < 1.29 is 9.18 Å². The average Bonchev–Trinajstić information content (AvgIpc) is 3.11. The van der Waals surface area contributed by atoms with Crippen LogP contribution < -0.4 is 5.32 Å². The molecule has 0 radical (unpaired) electrons. The van der Waals surface area contributed by atoms with Gasteiger partial charge < -0.3 is 10.2 Å². The van der Waals surface area contributed by atoms with E-state index in [1.165, 1.54) is 31.4 Å². The second-order valence-corrected chi connectivity index (χ2v) is 6.41. The van der Waals surface area contributed by atoms with Crippen LogP contribution in [0.1, 0.15) is 41.6 Å². The molecule has 1 saturated heterocycles. The Kier molecular flexibility index (Phi) is 4.24. The third-order valence-corrected chi connectivity index (χ3v) is 4.48. The quantitative estimate of drug-likeness (QED) is 0.904. The summed E-state index contributed by atoms with van der Waals surface area (Å²) in [5.41, 5.74) is 1.36. The molecule has 114 valence electrons. The lowest BCUT2D eigenvalue weighted by molar-refractivity contribution is 0.0733. The number of halogens is 1. The lowest BCUT2D eigenvalue weighted by Crippen LogP contribution is -2.42. The van der Waals surface area contributed by atoms with Crippen LogP contribution in [0, 0.1) is 18.7 Å². The van der Waals surface area contributed by atoms with Gasteiger partial charge in [-0.2, -0.15) is 0 Å². The molecule has 3 rings (SSSR count). The van der Waals surface area contributed by atoms with Crippen LogP contribution in [0.5, 0.6) is 0 Å². The predicted octanol–water partition coefficient (Wildman–Crippen LogP) is 2.74. The fourth-order valence-electron chi connectivity index (χ4n) is 3.07. The minimum Gasteiger partial charge on any atom is -0.337 e. The zero-order valence-electron chi connectivity index (χ0n) is 12.6. The number of nitrogens with zero attached hydrogens (tertiary/aromatic N) is 1. The summed E-state index contributed by atoms with van der Waals surface area (Å²) in [6.45, 7) is 4.46. The molecule has 2 fully saturated rings. The van der Waals surface area contributed by atoms with Gasteiger partial charge in [0, 0.05) is 24.7 Å². The van der Waals surface area contributed by atoms with Crippen LogP contribution in [0.4, 0.5) is 4.39 Å². The van der Waals surface area contributed by atoms with Crippen molar-refractivity contribution in [2.75, 3.05) is 19.6 Å². The number of hydrogen-bond acceptors (Lipinski definition) is 2. The third kappa shape index (κ3) is 3.62. The van der Waals surface area contributed by atoms with E-state index >= 15 is 0 Å². The molecule has 1 saturated carbocycles. The van der Waals surface area contributed by atoms with Gasteiger partial charge in [0.25, 0.3) is 5.91 Å². The maximum atomic E-state index is 13.2. The smallest absolute Gasteiger partial charge is 0.254 e. The van der Waals surface area contributed by atoms with Crippen LogP contribution in [-0.2, 0) is 0 Å². The third-order valence-electron chi connectivity index (χ3n) is 4.48. The molecule has 1 N–H and O–H groups in total. The number of rotatable bonds is 5. The van der Waals surface area contributed by atoms with Gasteiger partial charge in [-0.3, -0.25) is 4.79 Å². The van der Waals surface area contributed by atoms with Crippen LogP contribution >= 0.6 is 0 Å². The van der Waals surface area contributed by atoms with Crippen molar-refractivity contribution in [1.29, 1.82) is 0 Å². The highest BCUT2D eigenvalue weighted by Crippen LogP contribution is 2.30. The molecule has 21 heavy (non-hydrogen) atoms. The molecular weight excluding hydrogens is 267 g/mol. The standard InChI is InChI=1S/C17H23FN2O/c1-12-9-14(18)6-7-16(12)17(21)20(10-13-4-5-13)11-15-3-2-8-19-15/h6-7,9,13,15,19H,2-5,8,10-11H2,1H3. The monoisotopic (exact) mass is 290 g/mol. The number of carbonyl (C=O) groups excluding carboxylic acids is 1. The molecule has 1 aliphatic carbocycles. The lowest BCUT2D eigenvalue weighted by atomic mass is 10.1. The Balaban J connectivity index is 1.75. The van der Waals surface area contributed by atoms with Gasteiger partial charge in [-0.05, 0) is 68.8 Å². The Labute approximate surface area is 125 Å². The highest BCUT2D eigenvalue weighted by Gasteiger charge is 2.30. The summed E-state index contributed by atoms with van der Waals surface area (Å²) >= 11 is 0. The number of benzene rings is 1. The molecule has 4 heteroatoms. The maximum absolute atomic E-state index is 13.2. The largest absolute Gasteiger partial charge is 0.337 e. The van der Waals surface area contributed by atoms with Crippen molar-refractivity contribution in [2.45, 2.75) is 38.6 Å². The van der Waals surface area contributed by atoms with E-state index in [9.17, 15) is 9.18 Å².